The highest BCUT2D eigenvalue weighted by atomic mass is 16.5. The minimum Gasteiger partial charge on any atom is -0.504 e. The van der Waals surface area contributed by atoms with E-state index in [9.17, 15) is 30.3 Å². The van der Waals surface area contributed by atoms with Gasteiger partial charge in [0, 0.05) is 11.6 Å². The number of methoxy groups -OCH3 is 1. The third-order valence-corrected chi connectivity index (χ3v) is 3.51. The minimum atomic E-state index is -0.897. The molecule has 0 aliphatic rings. The Morgan fingerprint density at radius 2 is 1.62 bits per heavy atom. The normalized spacial score (nSPS) is 10.9. The fourth-order valence-electron chi connectivity index (χ4n) is 2.35. The van der Waals surface area contributed by atoms with Crippen LogP contribution in [0.25, 0.3) is 22.3 Å². The van der Waals surface area contributed by atoms with Gasteiger partial charge in [-0.3, -0.25) is 4.79 Å². The topological polar surface area (TPSA) is 141 Å². The van der Waals surface area contributed by atoms with Crippen molar-refractivity contribution >= 4 is 11.0 Å². The Kier molecular flexibility index (Phi) is 3.37. The molecule has 1 aromatic heterocycles. The Morgan fingerprint density at radius 1 is 0.917 bits per heavy atom. The van der Waals surface area contributed by atoms with Crippen molar-refractivity contribution in [3.8, 4) is 45.8 Å². The number of ether oxygens (including phenoxy) is 1. The SMILES string of the molecule is COc1c(O)c(O)cc2oc(-c3ccc(O)c(O)c3)c(O)c(=O)c12. The molecule has 124 valence electrons. The molecule has 0 aliphatic heterocycles. The second-order valence-electron chi connectivity index (χ2n) is 4.96. The van der Waals surface area contributed by atoms with Gasteiger partial charge in [-0.2, -0.15) is 0 Å². The molecule has 8 nitrogen and oxygen atoms in total. The highest BCUT2D eigenvalue weighted by molar-refractivity contribution is 5.91. The lowest BCUT2D eigenvalue weighted by molar-refractivity contribution is 0.353. The van der Waals surface area contributed by atoms with Crippen LogP contribution in [0.5, 0.6) is 34.5 Å². The van der Waals surface area contributed by atoms with Crippen molar-refractivity contribution in [2.45, 2.75) is 0 Å². The van der Waals surface area contributed by atoms with E-state index in [0.29, 0.717) is 0 Å². The van der Waals surface area contributed by atoms with Gasteiger partial charge in [0.1, 0.15) is 11.0 Å². The second kappa shape index (κ2) is 5.27. The van der Waals surface area contributed by atoms with Gasteiger partial charge in [0.05, 0.1) is 7.11 Å². The number of rotatable bonds is 2. The third-order valence-electron chi connectivity index (χ3n) is 3.51. The lowest BCUT2D eigenvalue weighted by Gasteiger charge is -2.11. The van der Waals surface area contributed by atoms with Crippen LogP contribution in [0.1, 0.15) is 0 Å². The van der Waals surface area contributed by atoms with Crippen LogP contribution in [0.4, 0.5) is 0 Å². The van der Waals surface area contributed by atoms with Crippen molar-refractivity contribution in [3.63, 3.8) is 0 Å². The van der Waals surface area contributed by atoms with Crippen molar-refractivity contribution in [3.05, 3.63) is 34.5 Å². The quantitative estimate of drug-likeness (QED) is 0.449. The summed E-state index contributed by atoms with van der Waals surface area (Å²) in [5.41, 5.74) is -0.924. The molecular weight excluding hydrogens is 320 g/mol. The number of aromatic hydroxyl groups is 5. The van der Waals surface area contributed by atoms with E-state index >= 15 is 0 Å². The van der Waals surface area contributed by atoms with Crippen LogP contribution in [0.2, 0.25) is 0 Å². The van der Waals surface area contributed by atoms with Crippen LogP contribution >= 0.6 is 0 Å². The number of phenols is 4. The highest BCUT2D eigenvalue weighted by Crippen LogP contribution is 2.43. The lowest BCUT2D eigenvalue weighted by Crippen LogP contribution is -2.05. The summed E-state index contributed by atoms with van der Waals surface area (Å²) in [6.07, 6.45) is 0. The molecule has 0 bridgehead atoms. The first-order valence-corrected chi connectivity index (χ1v) is 6.66. The van der Waals surface area contributed by atoms with Gasteiger partial charge >= 0.3 is 0 Å². The molecule has 0 saturated carbocycles. The van der Waals surface area contributed by atoms with Gasteiger partial charge in [-0.25, -0.2) is 0 Å². The highest BCUT2D eigenvalue weighted by Gasteiger charge is 2.23. The fourth-order valence-corrected chi connectivity index (χ4v) is 2.35. The first-order valence-electron chi connectivity index (χ1n) is 6.66. The molecular formula is C16H12O8. The maximum Gasteiger partial charge on any atom is 0.238 e. The average molecular weight is 332 g/mol. The number of fused-ring (bicyclic) bond motifs is 1. The molecule has 24 heavy (non-hydrogen) atoms. The van der Waals surface area contributed by atoms with E-state index in [1.54, 1.807) is 0 Å². The van der Waals surface area contributed by atoms with Gasteiger partial charge in [-0.1, -0.05) is 0 Å². The summed E-state index contributed by atoms with van der Waals surface area (Å²) in [5.74, 6) is -3.49. The summed E-state index contributed by atoms with van der Waals surface area (Å²) < 4.78 is 10.3. The van der Waals surface area contributed by atoms with Gasteiger partial charge < -0.3 is 34.7 Å². The Morgan fingerprint density at radius 3 is 2.25 bits per heavy atom. The van der Waals surface area contributed by atoms with E-state index in [-0.39, 0.29) is 33.8 Å². The standard InChI is InChI=1S/C16H12O8/c1-23-16-11-10(5-9(19)12(16)20)24-15(14(22)13(11)21)6-2-3-7(17)8(18)4-6/h2-5,17-20,22H,1H3. The second-order valence-corrected chi connectivity index (χ2v) is 4.96. The smallest absolute Gasteiger partial charge is 0.238 e. The van der Waals surface area contributed by atoms with Gasteiger partial charge in [0.25, 0.3) is 0 Å². The van der Waals surface area contributed by atoms with E-state index in [1.807, 2.05) is 0 Å². The molecule has 0 unspecified atom stereocenters. The summed E-state index contributed by atoms with van der Waals surface area (Å²) >= 11 is 0. The molecule has 0 atom stereocenters. The van der Waals surface area contributed by atoms with Crippen molar-refractivity contribution in [2.24, 2.45) is 0 Å². The molecule has 5 N–H and O–H groups in total. The predicted molar refractivity (Wildman–Crippen MR) is 82.8 cm³/mol. The molecule has 1 heterocycles. The van der Waals surface area contributed by atoms with E-state index < -0.39 is 28.4 Å². The molecule has 0 saturated heterocycles. The summed E-state index contributed by atoms with van der Waals surface area (Å²) in [4.78, 5) is 12.4. The Bertz CT molecular complexity index is 1020. The molecule has 8 heteroatoms. The molecule has 0 amide bonds. The van der Waals surface area contributed by atoms with Crippen LogP contribution in [0, 0.1) is 0 Å². The van der Waals surface area contributed by atoms with E-state index in [4.69, 9.17) is 9.15 Å². The summed E-state index contributed by atoms with van der Waals surface area (Å²) in [6, 6.07) is 4.56. The number of phenolic OH excluding ortho intramolecular Hbond substituents is 4. The maximum atomic E-state index is 12.4. The lowest BCUT2D eigenvalue weighted by atomic mass is 10.1. The van der Waals surface area contributed by atoms with Gasteiger partial charge in [0.2, 0.25) is 16.9 Å². The molecule has 0 fully saturated rings. The predicted octanol–water partition coefficient (Wildman–Crippen LogP) is 2.00. The molecule has 3 aromatic rings. The zero-order chi connectivity index (χ0) is 17.6. The van der Waals surface area contributed by atoms with E-state index in [0.717, 1.165) is 18.2 Å². The molecule has 0 radical (unpaired) electrons. The number of benzene rings is 2. The van der Waals surface area contributed by atoms with Crippen LogP contribution in [-0.4, -0.2) is 32.6 Å². The molecule has 0 spiro atoms. The fraction of sp³-hybridized carbons (Fsp3) is 0.0625. The Hall–Kier alpha value is -3.55. The van der Waals surface area contributed by atoms with Gasteiger partial charge in [-0.05, 0) is 18.2 Å². The van der Waals surface area contributed by atoms with Crippen LogP contribution < -0.4 is 10.2 Å². The van der Waals surface area contributed by atoms with Crippen molar-refractivity contribution in [1.82, 2.24) is 0 Å². The first kappa shape index (κ1) is 15.3. The summed E-state index contributed by atoms with van der Waals surface area (Å²) in [7, 11) is 1.18. The van der Waals surface area contributed by atoms with Crippen molar-refractivity contribution < 1.29 is 34.7 Å². The van der Waals surface area contributed by atoms with Crippen LogP contribution in [0.3, 0.4) is 0 Å². The minimum absolute atomic E-state index is 0.119. The van der Waals surface area contributed by atoms with Crippen molar-refractivity contribution in [2.75, 3.05) is 7.11 Å². The van der Waals surface area contributed by atoms with E-state index in [2.05, 4.69) is 0 Å². The number of hydrogen-bond acceptors (Lipinski definition) is 8. The maximum absolute atomic E-state index is 12.4. The third kappa shape index (κ3) is 2.12. The largest absolute Gasteiger partial charge is 0.504 e. The van der Waals surface area contributed by atoms with Crippen molar-refractivity contribution in [1.29, 1.82) is 0 Å². The molecule has 3 rings (SSSR count). The number of hydrogen-bond donors (Lipinski definition) is 5. The zero-order valence-corrected chi connectivity index (χ0v) is 12.3. The van der Waals surface area contributed by atoms with Gasteiger partial charge in [-0.15, -0.1) is 0 Å². The zero-order valence-electron chi connectivity index (χ0n) is 12.3. The van der Waals surface area contributed by atoms with Crippen LogP contribution in [0.15, 0.2) is 33.5 Å². The Balaban J connectivity index is 2.40. The first-order chi connectivity index (χ1) is 11.3. The molecule has 0 aliphatic carbocycles. The van der Waals surface area contributed by atoms with Gasteiger partial charge in [0.15, 0.2) is 28.8 Å². The summed E-state index contributed by atoms with van der Waals surface area (Å²) in [6.45, 7) is 0. The average Bonchev–Trinajstić information content (AvgIpc) is 2.55. The monoisotopic (exact) mass is 332 g/mol. The van der Waals surface area contributed by atoms with Crippen LogP contribution in [-0.2, 0) is 0 Å². The Labute approximate surface area is 134 Å². The molecule has 2 aromatic carbocycles. The summed E-state index contributed by atoms with van der Waals surface area (Å²) in [5, 5.41) is 48.2. The van der Waals surface area contributed by atoms with E-state index in [1.165, 1.54) is 13.2 Å².